The first-order valence-electron chi connectivity index (χ1n) is 13.6. The molecule has 9 nitrogen and oxygen atoms in total. The van der Waals surface area contributed by atoms with Crippen LogP contribution in [0.15, 0.2) is 36.7 Å². The molecule has 1 aliphatic carbocycles. The number of carbonyl (C=O) groups excluding carboxylic acids is 1. The van der Waals surface area contributed by atoms with Gasteiger partial charge in [0, 0.05) is 45.0 Å². The Morgan fingerprint density at radius 1 is 1.29 bits per heavy atom. The van der Waals surface area contributed by atoms with Crippen molar-refractivity contribution in [2.75, 3.05) is 13.6 Å². The minimum atomic E-state index is -3.14. The summed E-state index contributed by atoms with van der Waals surface area (Å²) in [7, 11) is 0. The van der Waals surface area contributed by atoms with Crippen molar-refractivity contribution in [1.82, 2.24) is 24.5 Å². The van der Waals surface area contributed by atoms with Crippen LogP contribution in [-0.2, 0) is 5.54 Å². The summed E-state index contributed by atoms with van der Waals surface area (Å²) in [6, 6.07) is 6.94. The number of rotatable bonds is 3. The van der Waals surface area contributed by atoms with E-state index in [0.717, 1.165) is 4.90 Å². The zero-order chi connectivity index (χ0) is 29.0. The topological polar surface area (TPSA) is 108 Å². The van der Waals surface area contributed by atoms with Crippen molar-refractivity contribution < 1.29 is 27.2 Å². The van der Waals surface area contributed by atoms with Gasteiger partial charge in [0.25, 0.3) is 5.91 Å². The smallest absolute Gasteiger partial charge is 0.387 e. The average molecular weight is 522 g/mol. The second kappa shape index (κ2) is 7.70. The SMILES string of the molecule is [2H]C([2H])([2H])N1C(=O)c2cccc(OC(F)F)c2[C@H]2C[C@@H]1c1nn3cnc(-c4cc5c(nc4C)[C@](C)(N)CO5)cc3c12. The fourth-order valence-corrected chi connectivity index (χ4v) is 5.91. The van der Waals surface area contributed by atoms with Gasteiger partial charge in [0.15, 0.2) is 0 Å². The lowest BCUT2D eigenvalue weighted by Gasteiger charge is -2.23. The Labute approximate surface area is 220 Å². The molecule has 2 aliphatic heterocycles. The number of hydrogen-bond acceptors (Lipinski definition) is 7. The first-order valence-corrected chi connectivity index (χ1v) is 12.1. The number of aromatic nitrogens is 4. The number of nitrogens with zero attached hydrogens (tertiary/aromatic N) is 5. The molecule has 11 heteroatoms. The van der Waals surface area contributed by atoms with Gasteiger partial charge in [0.05, 0.1) is 28.5 Å². The number of fused-ring (bicyclic) bond motifs is 10. The number of carbonyl (C=O) groups is 1. The van der Waals surface area contributed by atoms with Gasteiger partial charge in [-0.1, -0.05) is 6.07 Å². The lowest BCUT2D eigenvalue weighted by atomic mass is 9.88. The Morgan fingerprint density at radius 3 is 2.92 bits per heavy atom. The largest absolute Gasteiger partial charge is 0.489 e. The van der Waals surface area contributed by atoms with Crippen LogP contribution in [0.5, 0.6) is 11.5 Å². The van der Waals surface area contributed by atoms with Gasteiger partial charge in [-0.05, 0) is 44.5 Å². The molecule has 194 valence electrons. The molecule has 0 unspecified atom stereocenters. The molecular formula is C27H24F2N6O3. The quantitative estimate of drug-likeness (QED) is 0.435. The van der Waals surface area contributed by atoms with E-state index < -0.39 is 37.0 Å². The number of halogens is 2. The maximum Gasteiger partial charge on any atom is 0.387 e. The van der Waals surface area contributed by atoms with Crippen LogP contribution in [0.3, 0.4) is 0 Å². The summed E-state index contributed by atoms with van der Waals surface area (Å²) >= 11 is 0. The molecule has 5 heterocycles. The van der Waals surface area contributed by atoms with Gasteiger partial charge in [-0.15, -0.1) is 0 Å². The number of amides is 1. The van der Waals surface area contributed by atoms with Crippen LogP contribution in [-0.4, -0.2) is 50.6 Å². The molecule has 3 aliphatic rings. The van der Waals surface area contributed by atoms with Crippen molar-refractivity contribution in [3.05, 3.63) is 70.4 Å². The van der Waals surface area contributed by atoms with E-state index in [2.05, 4.69) is 10.1 Å². The normalized spacial score (nSPS) is 24.8. The molecule has 2 N–H and O–H groups in total. The van der Waals surface area contributed by atoms with Gasteiger partial charge >= 0.3 is 6.61 Å². The lowest BCUT2D eigenvalue weighted by Crippen LogP contribution is -2.35. The molecule has 4 aromatic rings. The van der Waals surface area contributed by atoms with Crippen LogP contribution in [0.2, 0.25) is 0 Å². The monoisotopic (exact) mass is 521 g/mol. The van der Waals surface area contributed by atoms with Crippen molar-refractivity contribution in [2.24, 2.45) is 5.73 Å². The second-order valence-electron chi connectivity index (χ2n) is 10.2. The standard InChI is InChI=1S/C27H24F2N6O3/c1-12-14(8-20-24(32-12)27(2,30)10-37-20)16-9-17-22-15-7-18(23(22)33-35(17)11-31-16)34(3)25(36)13-5-4-6-19(21(13)15)38-26(28)29/h4-6,8-9,11,15,18,26H,7,10,30H2,1-3H3/t15-,18-,27-/m1/s1/i3D3. The summed E-state index contributed by atoms with van der Waals surface area (Å²) in [6.45, 7) is -1.95. The maximum absolute atomic E-state index is 13.6. The zero-order valence-corrected chi connectivity index (χ0v) is 20.4. The Bertz CT molecular complexity index is 1770. The maximum atomic E-state index is 13.6. The first kappa shape index (κ1) is 19.9. The molecule has 3 aromatic heterocycles. The highest BCUT2D eigenvalue weighted by Crippen LogP contribution is 2.53. The summed E-state index contributed by atoms with van der Waals surface area (Å²) in [6.07, 6.45) is 1.65. The third-order valence-electron chi connectivity index (χ3n) is 7.63. The molecular weight excluding hydrogens is 494 g/mol. The third-order valence-corrected chi connectivity index (χ3v) is 7.63. The molecule has 7 rings (SSSR count). The molecule has 0 radical (unpaired) electrons. The van der Waals surface area contributed by atoms with Crippen molar-refractivity contribution in [2.45, 2.75) is 44.4 Å². The summed E-state index contributed by atoms with van der Waals surface area (Å²) in [5, 5.41) is 4.64. The van der Waals surface area contributed by atoms with Crippen LogP contribution in [0.4, 0.5) is 8.78 Å². The fourth-order valence-electron chi connectivity index (χ4n) is 5.91. The summed E-state index contributed by atoms with van der Waals surface area (Å²) in [5.74, 6) is -1.04. The molecule has 1 amide bonds. The number of pyridine rings is 1. The predicted octanol–water partition coefficient (Wildman–Crippen LogP) is 3.93. The highest BCUT2D eigenvalue weighted by molar-refractivity contribution is 5.98. The fraction of sp³-hybridized carbons (Fsp3) is 0.333. The van der Waals surface area contributed by atoms with Gasteiger partial charge in [-0.2, -0.15) is 13.9 Å². The number of ether oxygens (including phenoxy) is 2. The van der Waals surface area contributed by atoms with Crippen LogP contribution < -0.4 is 15.2 Å². The van der Waals surface area contributed by atoms with Crippen LogP contribution in [0.1, 0.15) is 68.0 Å². The highest BCUT2D eigenvalue weighted by Gasteiger charge is 2.46. The predicted molar refractivity (Wildman–Crippen MR) is 132 cm³/mol. The van der Waals surface area contributed by atoms with E-state index in [9.17, 15) is 13.6 Å². The van der Waals surface area contributed by atoms with Crippen molar-refractivity contribution in [1.29, 1.82) is 0 Å². The number of hydrogen-bond donors (Lipinski definition) is 1. The van der Waals surface area contributed by atoms with Gasteiger partial charge in [-0.25, -0.2) is 9.50 Å². The molecule has 0 saturated heterocycles. The van der Waals surface area contributed by atoms with E-state index in [4.69, 9.17) is 24.3 Å². The van der Waals surface area contributed by atoms with E-state index in [1.54, 1.807) is 6.07 Å². The van der Waals surface area contributed by atoms with Gasteiger partial charge in [0.2, 0.25) is 0 Å². The van der Waals surface area contributed by atoms with Crippen LogP contribution in [0.25, 0.3) is 16.8 Å². The summed E-state index contributed by atoms with van der Waals surface area (Å²) in [5.41, 5.74) is 10.0. The minimum Gasteiger partial charge on any atom is -0.489 e. The van der Waals surface area contributed by atoms with E-state index >= 15 is 0 Å². The molecule has 3 atom stereocenters. The molecule has 2 bridgehead atoms. The molecule has 0 fully saturated rings. The van der Waals surface area contributed by atoms with Crippen molar-refractivity contribution in [3.63, 3.8) is 0 Å². The Morgan fingerprint density at radius 2 is 2.13 bits per heavy atom. The Hall–Kier alpha value is -4.12. The van der Waals surface area contributed by atoms with Crippen molar-refractivity contribution >= 4 is 11.4 Å². The molecule has 1 aromatic carbocycles. The van der Waals surface area contributed by atoms with E-state index in [1.807, 2.05) is 19.9 Å². The second-order valence-corrected chi connectivity index (χ2v) is 10.2. The number of aryl methyl sites for hydroxylation is 1. The van der Waals surface area contributed by atoms with Crippen LogP contribution in [0, 0.1) is 6.92 Å². The molecule has 0 saturated carbocycles. The number of benzene rings is 1. The molecule has 0 spiro atoms. The highest BCUT2D eigenvalue weighted by atomic mass is 19.3. The van der Waals surface area contributed by atoms with Gasteiger partial charge in [-0.3, -0.25) is 9.78 Å². The van der Waals surface area contributed by atoms with Gasteiger partial charge in [0.1, 0.15) is 30.1 Å². The van der Waals surface area contributed by atoms with Gasteiger partial charge < -0.3 is 20.1 Å². The van der Waals surface area contributed by atoms with Crippen LogP contribution >= 0.6 is 0 Å². The van der Waals surface area contributed by atoms with Crippen molar-refractivity contribution in [3.8, 4) is 22.8 Å². The lowest BCUT2D eigenvalue weighted by molar-refractivity contribution is -0.0505. The Kier molecular flexibility index (Phi) is 4.04. The third kappa shape index (κ3) is 3.11. The number of nitrogens with two attached hydrogens (primary N) is 1. The summed E-state index contributed by atoms with van der Waals surface area (Å²) in [4.78, 5) is 23.7. The summed E-state index contributed by atoms with van der Waals surface area (Å²) < 4.78 is 63.5. The minimum absolute atomic E-state index is 0.00621. The van der Waals surface area contributed by atoms with E-state index in [1.165, 1.54) is 29.0 Å². The van der Waals surface area contributed by atoms with E-state index in [-0.39, 0.29) is 23.3 Å². The zero-order valence-electron chi connectivity index (χ0n) is 23.4. The number of alkyl halides is 2. The average Bonchev–Trinajstić information content (AvgIpc) is 3.49. The Balaban J connectivity index is 1.45. The van der Waals surface area contributed by atoms with E-state index in [0.29, 0.717) is 51.8 Å². The molecule has 38 heavy (non-hydrogen) atoms. The first-order chi connectivity index (χ1) is 19.3.